The van der Waals surface area contributed by atoms with E-state index in [0.29, 0.717) is 5.92 Å². The quantitative estimate of drug-likeness (QED) is 0.728. The first-order valence-electron chi connectivity index (χ1n) is 5.09. The molecule has 0 amide bonds. The summed E-state index contributed by atoms with van der Waals surface area (Å²) in [6, 6.07) is 0. The lowest BCUT2D eigenvalue weighted by Crippen LogP contribution is -2.27. The van der Waals surface area contributed by atoms with Gasteiger partial charge in [0.15, 0.2) is 0 Å². The molecule has 1 aliphatic rings. The summed E-state index contributed by atoms with van der Waals surface area (Å²) < 4.78 is 5.57. The minimum absolute atomic E-state index is 0.464. The summed E-state index contributed by atoms with van der Waals surface area (Å²) in [4.78, 5) is 0. The third-order valence-corrected chi connectivity index (χ3v) is 2.29. The molecule has 1 N–H and O–H groups in total. The molecule has 78 valence electrons. The molecule has 14 heavy (non-hydrogen) atoms. The Balaban J connectivity index is 2.78. The van der Waals surface area contributed by atoms with E-state index in [-0.39, 0.29) is 0 Å². The summed E-state index contributed by atoms with van der Waals surface area (Å²) in [7, 11) is 0. The fraction of sp³-hybridized carbons (Fsp3) is 0.500. The van der Waals surface area contributed by atoms with Gasteiger partial charge in [-0.25, -0.2) is 0 Å². The van der Waals surface area contributed by atoms with Crippen molar-refractivity contribution in [2.24, 2.45) is 5.92 Å². The van der Waals surface area contributed by atoms with E-state index in [1.54, 1.807) is 0 Å². The second-order valence-electron chi connectivity index (χ2n) is 3.72. The molecule has 0 aromatic carbocycles. The van der Waals surface area contributed by atoms with Gasteiger partial charge in [-0.3, -0.25) is 0 Å². The van der Waals surface area contributed by atoms with Crippen LogP contribution in [0.1, 0.15) is 20.8 Å². The molecule has 2 heteroatoms. The molecule has 0 aromatic rings. The summed E-state index contributed by atoms with van der Waals surface area (Å²) in [5, 5.41) is 3.29. The monoisotopic (exact) mass is 193 g/mol. The highest BCUT2D eigenvalue weighted by Gasteiger charge is 2.11. The van der Waals surface area contributed by atoms with Crippen LogP contribution in [-0.2, 0) is 4.74 Å². The topological polar surface area (TPSA) is 21.3 Å². The molecule has 2 nitrogen and oxygen atoms in total. The van der Waals surface area contributed by atoms with E-state index >= 15 is 0 Å². The Bertz CT molecular complexity index is 274. The Morgan fingerprint density at radius 2 is 2.29 bits per heavy atom. The van der Waals surface area contributed by atoms with E-state index in [1.165, 1.54) is 0 Å². The lowest BCUT2D eigenvalue weighted by atomic mass is 10.0. The average Bonchev–Trinajstić information content (AvgIpc) is 2.18. The first kappa shape index (κ1) is 10.9. The van der Waals surface area contributed by atoms with Gasteiger partial charge in [0.05, 0.1) is 5.70 Å². The van der Waals surface area contributed by atoms with Gasteiger partial charge in [-0.15, -0.1) is 0 Å². The maximum atomic E-state index is 5.57. The highest BCUT2D eigenvalue weighted by molar-refractivity contribution is 5.32. The van der Waals surface area contributed by atoms with E-state index < -0.39 is 0 Å². The van der Waals surface area contributed by atoms with Crippen LogP contribution in [-0.4, -0.2) is 13.2 Å². The predicted molar refractivity (Wildman–Crippen MR) is 59.8 cm³/mol. The van der Waals surface area contributed by atoms with Gasteiger partial charge in [-0.1, -0.05) is 26.5 Å². The molecule has 1 fully saturated rings. The van der Waals surface area contributed by atoms with E-state index in [4.69, 9.17) is 4.74 Å². The van der Waals surface area contributed by atoms with Crippen molar-refractivity contribution in [1.29, 1.82) is 0 Å². The molecule has 1 heterocycles. The molecule has 0 bridgehead atoms. The predicted octanol–water partition coefficient (Wildman–Crippen LogP) is 2.61. The molecule has 1 rings (SSSR count). The van der Waals surface area contributed by atoms with Gasteiger partial charge >= 0.3 is 0 Å². The van der Waals surface area contributed by atoms with E-state index in [0.717, 1.165) is 30.2 Å². The largest absolute Gasteiger partial charge is 0.490 e. The zero-order chi connectivity index (χ0) is 10.6. The van der Waals surface area contributed by atoms with Crippen LogP contribution in [0, 0.1) is 5.92 Å². The smallest absolute Gasteiger partial charge is 0.142 e. The highest BCUT2D eigenvalue weighted by Crippen LogP contribution is 2.18. The molecule has 0 spiro atoms. The zero-order valence-electron chi connectivity index (χ0n) is 9.26. The van der Waals surface area contributed by atoms with Crippen LogP contribution in [0.4, 0.5) is 0 Å². The third-order valence-electron chi connectivity index (χ3n) is 2.29. The second kappa shape index (κ2) is 4.89. The van der Waals surface area contributed by atoms with Crippen molar-refractivity contribution < 1.29 is 4.74 Å². The van der Waals surface area contributed by atoms with Gasteiger partial charge in [0.1, 0.15) is 12.4 Å². The standard InChI is InChI=1S/C12H19NO/c1-5-11-12(14-7-6-13-11)8-10(4)9(2)3/h5,8-9,13H,4,6-7H2,1-3H3/b11-5+,12-8+. The molecule has 0 aliphatic carbocycles. The fourth-order valence-corrected chi connectivity index (χ4v) is 1.21. The van der Waals surface area contributed by atoms with Crippen molar-refractivity contribution in [2.75, 3.05) is 13.2 Å². The van der Waals surface area contributed by atoms with Crippen LogP contribution < -0.4 is 5.32 Å². The molecule has 0 aromatic heterocycles. The van der Waals surface area contributed by atoms with Crippen LogP contribution in [0.15, 0.2) is 35.8 Å². The minimum atomic E-state index is 0.464. The molecule has 1 saturated heterocycles. The van der Waals surface area contributed by atoms with Gasteiger partial charge in [-0.2, -0.15) is 0 Å². The molecule has 1 aliphatic heterocycles. The lowest BCUT2D eigenvalue weighted by Gasteiger charge is -2.22. The zero-order valence-corrected chi connectivity index (χ0v) is 9.26. The number of allylic oxidation sites excluding steroid dienone is 3. The number of hydrogen-bond acceptors (Lipinski definition) is 2. The summed E-state index contributed by atoms with van der Waals surface area (Å²) in [6.45, 7) is 11.9. The van der Waals surface area contributed by atoms with Crippen LogP contribution in [0.5, 0.6) is 0 Å². The molecular formula is C12H19NO. The fourth-order valence-electron chi connectivity index (χ4n) is 1.21. The van der Waals surface area contributed by atoms with Crippen molar-refractivity contribution in [3.63, 3.8) is 0 Å². The Labute approximate surface area is 86.3 Å². The van der Waals surface area contributed by atoms with Gasteiger partial charge in [0, 0.05) is 6.54 Å². The van der Waals surface area contributed by atoms with Crippen LogP contribution >= 0.6 is 0 Å². The van der Waals surface area contributed by atoms with Crippen LogP contribution in [0.2, 0.25) is 0 Å². The minimum Gasteiger partial charge on any atom is -0.490 e. The Morgan fingerprint density at radius 3 is 2.86 bits per heavy atom. The van der Waals surface area contributed by atoms with Gasteiger partial charge in [-0.05, 0) is 24.5 Å². The van der Waals surface area contributed by atoms with Crippen molar-refractivity contribution in [3.8, 4) is 0 Å². The Hall–Kier alpha value is -1.18. The summed E-state index contributed by atoms with van der Waals surface area (Å²) in [6.07, 6.45) is 4.05. The second-order valence-corrected chi connectivity index (χ2v) is 3.72. The van der Waals surface area contributed by atoms with Gasteiger partial charge < -0.3 is 10.1 Å². The normalized spacial score (nSPS) is 22.3. The lowest BCUT2D eigenvalue weighted by molar-refractivity contribution is 0.196. The van der Waals surface area contributed by atoms with E-state index in [9.17, 15) is 0 Å². The molecule has 0 saturated carbocycles. The summed E-state index contributed by atoms with van der Waals surface area (Å²) in [5.41, 5.74) is 2.17. The average molecular weight is 193 g/mol. The van der Waals surface area contributed by atoms with Gasteiger partial charge in [0.2, 0.25) is 0 Å². The number of ether oxygens (including phenoxy) is 1. The number of hydrogen-bond donors (Lipinski definition) is 1. The van der Waals surface area contributed by atoms with Crippen molar-refractivity contribution in [1.82, 2.24) is 5.32 Å². The maximum absolute atomic E-state index is 5.57. The molecule has 0 unspecified atom stereocenters. The number of morpholine rings is 1. The Morgan fingerprint density at radius 1 is 1.57 bits per heavy atom. The summed E-state index contributed by atoms with van der Waals surface area (Å²) in [5.74, 6) is 1.38. The van der Waals surface area contributed by atoms with Crippen LogP contribution in [0.3, 0.4) is 0 Å². The number of rotatable bonds is 2. The highest BCUT2D eigenvalue weighted by atomic mass is 16.5. The SMILES string of the molecule is C=C(/C=C1/OCCN/C1=C/C)C(C)C. The first-order chi connectivity index (χ1) is 6.65. The Kier molecular flexibility index (Phi) is 3.81. The van der Waals surface area contributed by atoms with E-state index in [2.05, 4.69) is 25.7 Å². The van der Waals surface area contributed by atoms with Crippen molar-refractivity contribution in [3.05, 3.63) is 35.8 Å². The third kappa shape index (κ3) is 2.66. The molecule has 0 atom stereocenters. The summed E-state index contributed by atoms with van der Waals surface area (Å²) >= 11 is 0. The molecule has 0 radical (unpaired) electrons. The van der Waals surface area contributed by atoms with E-state index in [1.807, 2.05) is 19.1 Å². The van der Waals surface area contributed by atoms with Crippen LogP contribution in [0.25, 0.3) is 0 Å². The maximum Gasteiger partial charge on any atom is 0.142 e. The molecular weight excluding hydrogens is 174 g/mol. The number of nitrogens with one attached hydrogen (secondary N) is 1. The van der Waals surface area contributed by atoms with Gasteiger partial charge in [0.25, 0.3) is 0 Å². The first-order valence-corrected chi connectivity index (χ1v) is 5.09. The van der Waals surface area contributed by atoms with Crippen molar-refractivity contribution in [2.45, 2.75) is 20.8 Å². The van der Waals surface area contributed by atoms with Crippen molar-refractivity contribution >= 4 is 0 Å².